The highest BCUT2D eigenvalue weighted by Gasteiger charge is 2.09. The molecule has 0 saturated heterocycles. The van der Waals surface area contributed by atoms with E-state index < -0.39 is 5.97 Å². The third kappa shape index (κ3) is 2.55. The van der Waals surface area contributed by atoms with Crippen LogP contribution >= 0.6 is 15.9 Å². The molecule has 1 aromatic rings. The van der Waals surface area contributed by atoms with Gasteiger partial charge in [-0.2, -0.15) is 5.48 Å². The molecule has 0 aliphatic heterocycles. The Bertz CT molecular complexity index is 327. The van der Waals surface area contributed by atoms with Gasteiger partial charge in [-0.3, -0.25) is 4.79 Å². The Labute approximate surface area is 83.0 Å². The van der Waals surface area contributed by atoms with E-state index in [0.29, 0.717) is 10.0 Å². The van der Waals surface area contributed by atoms with Gasteiger partial charge in [-0.1, -0.05) is 12.1 Å². The van der Waals surface area contributed by atoms with Gasteiger partial charge in [0.05, 0.1) is 5.56 Å². The Morgan fingerprint density at radius 2 is 2.15 bits per heavy atom. The van der Waals surface area contributed by atoms with Gasteiger partial charge >= 0.3 is 5.97 Å². The molecule has 0 unspecified atom stereocenters. The Morgan fingerprint density at radius 1 is 1.46 bits per heavy atom. The van der Waals surface area contributed by atoms with E-state index in [1.54, 1.807) is 24.3 Å². The van der Waals surface area contributed by atoms with Crippen LogP contribution in [-0.2, 0) is 9.63 Å². The van der Waals surface area contributed by atoms with Gasteiger partial charge in [-0.05, 0) is 28.1 Å². The second-order valence-electron chi connectivity index (χ2n) is 2.11. The predicted octanol–water partition coefficient (Wildman–Crippen LogP) is 1.27. The van der Waals surface area contributed by atoms with Crippen molar-refractivity contribution >= 4 is 28.3 Å². The molecule has 0 radical (unpaired) electrons. The first kappa shape index (κ1) is 9.73. The SMILES string of the molecule is O=CNOC(=O)c1ccccc1Br. The van der Waals surface area contributed by atoms with Crippen LogP contribution in [0, 0.1) is 0 Å². The average Bonchev–Trinajstić information content (AvgIpc) is 2.15. The summed E-state index contributed by atoms with van der Waals surface area (Å²) >= 11 is 3.17. The highest BCUT2D eigenvalue weighted by molar-refractivity contribution is 9.10. The van der Waals surface area contributed by atoms with Gasteiger partial charge in [0.25, 0.3) is 0 Å². The molecule has 0 atom stereocenters. The zero-order valence-electron chi connectivity index (χ0n) is 6.49. The Hall–Kier alpha value is -1.36. The molecule has 0 aromatic heterocycles. The molecule has 0 aliphatic rings. The number of amides is 1. The number of rotatable bonds is 3. The first-order valence-corrected chi connectivity index (χ1v) is 4.20. The van der Waals surface area contributed by atoms with Gasteiger partial charge in [0, 0.05) is 4.47 Å². The number of halogens is 1. The summed E-state index contributed by atoms with van der Waals surface area (Å²) in [5.41, 5.74) is 2.18. The molecular weight excluding hydrogens is 238 g/mol. The van der Waals surface area contributed by atoms with Gasteiger partial charge in [0.2, 0.25) is 6.41 Å². The summed E-state index contributed by atoms with van der Waals surface area (Å²) in [6.07, 6.45) is 0.286. The Balaban J connectivity index is 2.76. The highest BCUT2D eigenvalue weighted by Crippen LogP contribution is 2.15. The minimum Gasteiger partial charge on any atom is -0.336 e. The number of hydrogen-bond acceptors (Lipinski definition) is 3. The number of nitrogens with one attached hydrogen (secondary N) is 1. The molecule has 4 nitrogen and oxygen atoms in total. The van der Waals surface area contributed by atoms with Crippen LogP contribution in [0.5, 0.6) is 0 Å². The molecule has 0 heterocycles. The summed E-state index contributed by atoms with van der Waals surface area (Å²) in [5.74, 6) is -0.612. The van der Waals surface area contributed by atoms with E-state index in [-0.39, 0.29) is 6.41 Å². The lowest BCUT2D eigenvalue weighted by Crippen LogP contribution is -2.18. The monoisotopic (exact) mass is 243 g/mol. The Morgan fingerprint density at radius 3 is 2.77 bits per heavy atom. The second kappa shape index (κ2) is 4.61. The molecule has 0 spiro atoms. The first-order chi connectivity index (χ1) is 6.25. The maximum absolute atomic E-state index is 11.2. The van der Waals surface area contributed by atoms with Crippen molar-refractivity contribution in [3.8, 4) is 0 Å². The van der Waals surface area contributed by atoms with Crippen LogP contribution in [0.25, 0.3) is 0 Å². The number of hydrogen-bond donors (Lipinski definition) is 1. The minimum absolute atomic E-state index is 0.286. The molecule has 68 valence electrons. The van der Waals surface area contributed by atoms with Crippen molar-refractivity contribution in [1.82, 2.24) is 5.48 Å². The van der Waals surface area contributed by atoms with Crippen LogP contribution in [0.2, 0.25) is 0 Å². The number of carbonyl (C=O) groups excluding carboxylic acids is 2. The fourth-order valence-corrected chi connectivity index (χ4v) is 1.21. The van der Waals surface area contributed by atoms with E-state index in [4.69, 9.17) is 0 Å². The predicted molar refractivity (Wildman–Crippen MR) is 48.8 cm³/mol. The van der Waals surface area contributed by atoms with Gasteiger partial charge in [0.1, 0.15) is 0 Å². The van der Waals surface area contributed by atoms with Crippen molar-refractivity contribution in [3.05, 3.63) is 34.3 Å². The van der Waals surface area contributed by atoms with Crippen molar-refractivity contribution in [2.45, 2.75) is 0 Å². The third-order valence-corrected chi connectivity index (χ3v) is 1.99. The number of carbonyl (C=O) groups is 2. The molecule has 0 saturated carbocycles. The third-order valence-electron chi connectivity index (χ3n) is 1.29. The van der Waals surface area contributed by atoms with E-state index in [0.717, 1.165) is 0 Å². The number of benzene rings is 1. The van der Waals surface area contributed by atoms with E-state index >= 15 is 0 Å². The van der Waals surface area contributed by atoms with Gasteiger partial charge < -0.3 is 4.84 Å². The van der Waals surface area contributed by atoms with Crippen LogP contribution in [0.3, 0.4) is 0 Å². The molecule has 0 fully saturated rings. The highest BCUT2D eigenvalue weighted by atomic mass is 79.9. The lowest BCUT2D eigenvalue weighted by Gasteiger charge is -2.02. The van der Waals surface area contributed by atoms with Gasteiger partial charge in [-0.25, -0.2) is 4.79 Å². The van der Waals surface area contributed by atoms with Crippen LogP contribution in [0.1, 0.15) is 10.4 Å². The second-order valence-corrected chi connectivity index (χ2v) is 2.96. The van der Waals surface area contributed by atoms with E-state index in [1.165, 1.54) is 0 Å². The van der Waals surface area contributed by atoms with E-state index in [1.807, 2.05) is 5.48 Å². The number of hydroxylamine groups is 1. The molecule has 5 heteroatoms. The van der Waals surface area contributed by atoms with Crippen LogP contribution in [-0.4, -0.2) is 12.4 Å². The van der Waals surface area contributed by atoms with Crippen LogP contribution < -0.4 is 5.48 Å². The zero-order valence-corrected chi connectivity index (χ0v) is 8.08. The summed E-state index contributed by atoms with van der Waals surface area (Å²) in [5, 5.41) is 0. The fourth-order valence-electron chi connectivity index (χ4n) is 0.759. The molecule has 0 aliphatic carbocycles. The molecule has 13 heavy (non-hydrogen) atoms. The van der Waals surface area contributed by atoms with Crippen molar-refractivity contribution in [1.29, 1.82) is 0 Å². The Kier molecular flexibility index (Phi) is 3.45. The summed E-state index contributed by atoms with van der Waals surface area (Å²) in [4.78, 5) is 25.3. The lowest BCUT2D eigenvalue weighted by atomic mass is 10.2. The van der Waals surface area contributed by atoms with E-state index in [9.17, 15) is 9.59 Å². The van der Waals surface area contributed by atoms with Gasteiger partial charge in [-0.15, -0.1) is 0 Å². The first-order valence-electron chi connectivity index (χ1n) is 3.40. The topological polar surface area (TPSA) is 55.4 Å². The molecule has 1 N–H and O–H groups in total. The standard InChI is InChI=1S/C8H6BrNO3/c9-7-4-2-1-3-6(7)8(12)13-10-5-11/h1-5H,(H,10,11). The van der Waals surface area contributed by atoms with E-state index in [2.05, 4.69) is 20.8 Å². The lowest BCUT2D eigenvalue weighted by molar-refractivity contribution is -0.117. The maximum atomic E-state index is 11.2. The van der Waals surface area contributed by atoms with Crippen LogP contribution in [0.4, 0.5) is 0 Å². The average molecular weight is 244 g/mol. The normalized spacial score (nSPS) is 9.00. The smallest absolute Gasteiger partial charge is 0.336 e. The summed E-state index contributed by atoms with van der Waals surface area (Å²) in [6, 6.07) is 6.76. The molecule has 1 aromatic carbocycles. The minimum atomic E-state index is -0.612. The van der Waals surface area contributed by atoms with Crippen molar-refractivity contribution in [2.24, 2.45) is 0 Å². The largest absolute Gasteiger partial charge is 0.364 e. The quantitative estimate of drug-likeness (QED) is 0.643. The van der Waals surface area contributed by atoms with Crippen molar-refractivity contribution in [3.63, 3.8) is 0 Å². The summed E-state index contributed by atoms with van der Waals surface area (Å²) in [7, 11) is 0. The maximum Gasteiger partial charge on any atom is 0.364 e. The van der Waals surface area contributed by atoms with Crippen LogP contribution in [0.15, 0.2) is 28.7 Å². The zero-order chi connectivity index (χ0) is 9.68. The molecule has 1 rings (SSSR count). The molecule has 0 bridgehead atoms. The van der Waals surface area contributed by atoms with Crippen molar-refractivity contribution < 1.29 is 14.4 Å². The molecule has 1 amide bonds. The molecular formula is C8H6BrNO3. The van der Waals surface area contributed by atoms with Gasteiger partial charge in [0.15, 0.2) is 0 Å². The van der Waals surface area contributed by atoms with Crippen molar-refractivity contribution in [2.75, 3.05) is 0 Å². The summed E-state index contributed by atoms with van der Waals surface area (Å²) in [6.45, 7) is 0. The fraction of sp³-hybridized carbons (Fsp3) is 0. The summed E-state index contributed by atoms with van der Waals surface area (Å²) < 4.78 is 0.618.